The van der Waals surface area contributed by atoms with E-state index < -0.39 is 0 Å². The molecule has 182 valence electrons. The van der Waals surface area contributed by atoms with E-state index in [4.69, 9.17) is 0 Å². The molecule has 5 rings (SSSR count). The summed E-state index contributed by atoms with van der Waals surface area (Å²) in [5.41, 5.74) is 1.39. The van der Waals surface area contributed by atoms with Gasteiger partial charge in [0.1, 0.15) is 9.36 Å². The first-order valence-corrected chi connectivity index (χ1v) is 15.1. The van der Waals surface area contributed by atoms with Crippen molar-refractivity contribution in [2.75, 3.05) is 18.8 Å². The van der Waals surface area contributed by atoms with Gasteiger partial charge in [-0.15, -0.1) is 23.1 Å². The highest BCUT2D eigenvalue weighted by atomic mass is 32.2. The van der Waals surface area contributed by atoms with Crippen LogP contribution < -0.4 is 19.3 Å². The van der Waals surface area contributed by atoms with Gasteiger partial charge in [0.25, 0.3) is 10.6 Å². The van der Waals surface area contributed by atoms with Gasteiger partial charge in [0, 0.05) is 43.3 Å². The molecule has 4 nitrogen and oxygen atoms in total. The van der Waals surface area contributed by atoms with Gasteiger partial charge in [-0.25, -0.2) is 0 Å². The Hall–Kier alpha value is -2.35. The van der Waals surface area contributed by atoms with E-state index in [0.717, 1.165) is 47.4 Å². The van der Waals surface area contributed by atoms with Crippen molar-refractivity contribution in [1.29, 1.82) is 0 Å². The van der Waals surface area contributed by atoms with Crippen molar-refractivity contribution in [3.63, 3.8) is 0 Å². The minimum absolute atomic E-state index is 0.110. The van der Waals surface area contributed by atoms with Crippen molar-refractivity contribution in [3.8, 4) is 0 Å². The molecule has 35 heavy (non-hydrogen) atoms. The van der Waals surface area contributed by atoms with E-state index in [2.05, 4.69) is 78.8 Å². The summed E-state index contributed by atoms with van der Waals surface area (Å²) in [5.74, 6) is 1.12. The number of unbranched alkanes of at least 4 members (excludes halogenated alkanes) is 1. The molecular formula is C28H32N3OS3+. The van der Waals surface area contributed by atoms with Crippen molar-refractivity contribution < 1.29 is 4.57 Å². The fourth-order valence-corrected chi connectivity index (χ4v) is 8.10. The van der Waals surface area contributed by atoms with Crippen molar-refractivity contribution in [2.24, 2.45) is 0 Å². The highest BCUT2D eigenvalue weighted by Crippen LogP contribution is 2.30. The van der Waals surface area contributed by atoms with Crippen LogP contribution in [0.5, 0.6) is 0 Å². The Morgan fingerprint density at radius 1 is 1.03 bits per heavy atom. The normalized spacial score (nSPS) is 16.5. The molecule has 0 saturated carbocycles. The molecule has 0 radical (unpaired) electrons. The fourth-order valence-electron chi connectivity index (χ4n) is 4.62. The molecule has 4 aromatic rings. The minimum Gasteiger partial charge on any atom is -0.366 e. The number of hydrogen-bond donors (Lipinski definition) is 0. The van der Waals surface area contributed by atoms with Crippen LogP contribution >= 0.6 is 34.4 Å². The zero-order valence-electron chi connectivity index (χ0n) is 20.6. The number of rotatable bonds is 7. The second-order valence-electron chi connectivity index (χ2n) is 8.68. The quantitative estimate of drug-likeness (QED) is 0.323. The largest absolute Gasteiger partial charge is 0.366 e. The Labute approximate surface area is 218 Å². The molecule has 0 amide bonds. The van der Waals surface area contributed by atoms with E-state index in [1.807, 2.05) is 33.7 Å². The predicted octanol–water partition coefficient (Wildman–Crippen LogP) is 4.90. The molecule has 0 atom stereocenters. The van der Waals surface area contributed by atoms with Crippen LogP contribution in [0.4, 0.5) is 0 Å². The number of aryl methyl sites for hydroxylation is 1. The van der Waals surface area contributed by atoms with Crippen LogP contribution in [-0.4, -0.2) is 28.3 Å². The first-order valence-electron chi connectivity index (χ1n) is 12.5. The van der Waals surface area contributed by atoms with Gasteiger partial charge in [0.15, 0.2) is 6.54 Å². The van der Waals surface area contributed by atoms with Gasteiger partial charge in [0.05, 0.1) is 15.6 Å². The summed E-state index contributed by atoms with van der Waals surface area (Å²) in [6.07, 6.45) is 8.67. The van der Waals surface area contributed by atoms with Crippen LogP contribution in [-0.2, 0) is 13.1 Å². The molecule has 0 spiro atoms. The predicted molar refractivity (Wildman–Crippen MR) is 154 cm³/mol. The van der Waals surface area contributed by atoms with Crippen molar-refractivity contribution in [2.45, 2.75) is 46.7 Å². The molecule has 2 aromatic heterocycles. The Balaban J connectivity index is 1.68. The van der Waals surface area contributed by atoms with Crippen LogP contribution in [0, 0.1) is 0 Å². The molecule has 1 saturated heterocycles. The van der Waals surface area contributed by atoms with E-state index in [-0.39, 0.29) is 5.56 Å². The smallest absolute Gasteiger partial charge is 0.269 e. The fraction of sp³-hybridized carbons (Fsp3) is 0.357. The lowest BCUT2D eigenvalue weighted by Crippen LogP contribution is -2.36. The maximum Gasteiger partial charge on any atom is 0.269 e. The number of nitrogens with zero attached hydrogens (tertiary/aromatic N) is 3. The molecule has 0 unspecified atom stereocenters. The molecule has 3 heterocycles. The van der Waals surface area contributed by atoms with E-state index in [1.54, 1.807) is 11.3 Å². The van der Waals surface area contributed by atoms with Crippen molar-refractivity contribution in [1.82, 2.24) is 9.47 Å². The monoisotopic (exact) mass is 522 g/mol. The summed E-state index contributed by atoms with van der Waals surface area (Å²) >= 11 is 5.32. The van der Waals surface area contributed by atoms with Gasteiger partial charge in [-0.2, -0.15) is 4.57 Å². The molecule has 0 bridgehead atoms. The molecular weight excluding hydrogens is 491 g/mol. The molecule has 0 aliphatic carbocycles. The maximum absolute atomic E-state index is 13.2. The second-order valence-corrected chi connectivity index (χ2v) is 11.9. The number of thioether (sulfide) groups is 1. The molecule has 1 aliphatic heterocycles. The van der Waals surface area contributed by atoms with E-state index in [9.17, 15) is 4.79 Å². The first kappa shape index (κ1) is 24.3. The molecule has 0 N–H and O–H groups in total. The van der Waals surface area contributed by atoms with Crippen molar-refractivity contribution >= 4 is 67.6 Å². The average molecular weight is 523 g/mol. The number of aromatic nitrogens is 2. The zero-order chi connectivity index (χ0) is 24.4. The third-order valence-corrected chi connectivity index (χ3v) is 9.87. The Morgan fingerprint density at radius 3 is 2.69 bits per heavy atom. The Kier molecular flexibility index (Phi) is 7.46. The van der Waals surface area contributed by atoms with Gasteiger partial charge in [-0.1, -0.05) is 48.9 Å². The van der Waals surface area contributed by atoms with Crippen molar-refractivity contribution in [3.05, 3.63) is 72.1 Å². The number of hydrogen-bond acceptors (Lipinski definition) is 5. The first-order chi connectivity index (χ1) is 17.1. The summed E-state index contributed by atoms with van der Waals surface area (Å²) in [4.78, 5) is 15.6. The van der Waals surface area contributed by atoms with Gasteiger partial charge >= 0.3 is 0 Å². The standard InChI is InChI=1S/C28H32N3OS3/c1-4-7-16-31-22-13-12-20-10-8-9-11-21(20)27(22)35-26(31)19-25-30(6-3)28(32)23(34-25)14-15-24-29(5-2)17-18-33-24/h8-15,19H,4-7,16-18H2,1-3H3/q+1/b23-14-,24-15-. The topological polar surface area (TPSA) is 29.1 Å². The summed E-state index contributed by atoms with van der Waals surface area (Å²) < 4.78 is 7.51. The number of benzene rings is 2. The van der Waals surface area contributed by atoms with Gasteiger partial charge in [0.2, 0.25) is 5.52 Å². The van der Waals surface area contributed by atoms with Gasteiger partial charge in [-0.05, 0) is 37.5 Å². The lowest BCUT2D eigenvalue weighted by Gasteiger charge is -2.14. The summed E-state index contributed by atoms with van der Waals surface area (Å²) in [5, 5.41) is 5.05. The number of fused-ring (bicyclic) bond motifs is 3. The minimum atomic E-state index is 0.110. The van der Waals surface area contributed by atoms with Crippen LogP contribution in [0.2, 0.25) is 0 Å². The van der Waals surface area contributed by atoms with Crippen LogP contribution in [0.3, 0.4) is 0 Å². The summed E-state index contributed by atoms with van der Waals surface area (Å²) in [7, 11) is 0. The third-order valence-electron chi connectivity index (χ3n) is 6.54. The molecule has 2 aromatic carbocycles. The van der Waals surface area contributed by atoms with Crippen LogP contribution in [0.1, 0.15) is 38.6 Å². The molecule has 7 heteroatoms. The highest BCUT2D eigenvalue weighted by molar-refractivity contribution is 8.03. The Morgan fingerprint density at radius 2 is 1.89 bits per heavy atom. The van der Waals surface area contributed by atoms with E-state index in [0.29, 0.717) is 6.54 Å². The molecule has 1 aliphatic rings. The zero-order valence-corrected chi connectivity index (χ0v) is 23.1. The van der Waals surface area contributed by atoms with Crippen LogP contribution in [0.15, 0.2) is 52.3 Å². The lowest BCUT2D eigenvalue weighted by molar-refractivity contribution is -0.669. The van der Waals surface area contributed by atoms with E-state index >= 15 is 0 Å². The maximum atomic E-state index is 13.2. The highest BCUT2D eigenvalue weighted by Gasteiger charge is 2.21. The SMILES string of the molecule is CCCC[n+]1c(/C=c2\s/c(=C\C=C3/SCCN3CC)c(=O)n2CC)sc2c3ccccc3ccc21. The average Bonchev–Trinajstić information content (AvgIpc) is 3.56. The summed E-state index contributed by atoms with van der Waals surface area (Å²) in [6, 6.07) is 13.1. The van der Waals surface area contributed by atoms with Gasteiger partial charge in [-0.3, -0.25) is 9.36 Å². The van der Waals surface area contributed by atoms with E-state index in [1.165, 1.54) is 31.0 Å². The summed E-state index contributed by atoms with van der Waals surface area (Å²) in [6.45, 7) is 10.2. The van der Waals surface area contributed by atoms with Crippen LogP contribution in [0.25, 0.3) is 33.1 Å². The third kappa shape index (κ3) is 4.74. The number of allylic oxidation sites excluding steroid dienone is 1. The number of thiazole rings is 2. The second kappa shape index (κ2) is 10.7. The lowest BCUT2D eigenvalue weighted by atomic mass is 10.1. The van der Waals surface area contributed by atoms with Gasteiger partial charge < -0.3 is 4.90 Å². The molecule has 1 fully saturated rings. The Bertz CT molecular complexity index is 1570.